The highest BCUT2D eigenvalue weighted by molar-refractivity contribution is 5.85. The van der Waals surface area contributed by atoms with Crippen LogP contribution < -0.4 is 0 Å². The van der Waals surface area contributed by atoms with E-state index in [1.54, 1.807) is 12.1 Å². The maximum absolute atomic E-state index is 13.1. The molecule has 3 rings (SSSR count). The molecule has 21 heavy (non-hydrogen) atoms. The minimum atomic E-state index is -0.165. The average molecular weight is 306 g/mol. The van der Waals surface area contributed by atoms with E-state index < -0.39 is 0 Å². The van der Waals surface area contributed by atoms with Gasteiger partial charge in [0.2, 0.25) is 0 Å². The molecule has 3 heteroatoms. The van der Waals surface area contributed by atoms with Crippen LogP contribution in [0.1, 0.15) is 29.0 Å². The Bertz CT molecular complexity index is 594. The molecular weight excluding hydrogens is 285 g/mol. The summed E-state index contributed by atoms with van der Waals surface area (Å²) in [5.41, 5.74) is 4.04. The first kappa shape index (κ1) is 16.0. The first-order chi connectivity index (χ1) is 9.65. The number of hydrogen-bond acceptors (Lipinski definition) is 1. The molecule has 2 aromatic rings. The van der Waals surface area contributed by atoms with Crippen LogP contribution in [0.2, 0.25) is 0 Å². The zero-order valence-electron chi connectivity index (χ0n) is 12.4. The van der Waals surface area contributed by atoms with Gasteiger partial charge in [-0.25, -0.2) is 4.39 Å². The molecule has 0 bridgehead atoms. The summed E-state index contributed by atoms with van der Waals surface area (Å²) in [6.45, 7) is 0. The molecule has 112 valence electrons. The molecule has 2 atom stereocenters. The standard InChI is InChI=1S/C18H20FN.ClH/c1-20(2)16-11-14-5-3-4-6-17(14)18(12-16)13-7-9-15(19)10-8-13;/h3-10,16,18H,11-12H2,1-2H3;1H/t16-,18-;/m0./s1. The minimum Gasteiger partial charge on any atom is -0.306 e. The number of halogens is 2. The van der Waals surface area contributed by atoms with Crippen molar-refractivity contribution in [3.8, 4) is 0 Å². The van der Waals surface area contributed by atoms with E-state index in [-0.39, 0.29) is 18.2 Å². The Morgan fingerprint density at radius 2 is 1.67 bits per heavy atom. The number of fused-ring (bicyclic) bond motifs is 1. The Morgan fingerprint density at radius 3 is 2.33 bits per heavy atom. The summed E-state index contributed by atoms with van der Waals surface area (Å²) >= 11 is 0. The van der Waals surface area contributed by atoms with E-state index in [4.69, 9.17) is 0 Å². The van der Waals surface area contributed by atoms with Gasteiger partial charge in [-0.2, -0.15) is 0 Å². The molecule has 0 fully saturated rings. The largest absolute Gasteiger partial charge is 0.306 e. The van der Waals surface area contributed by atoms with Gasteiger partial charge in [0, 0.05) is 12.0 Å². The summed E-state index contributed by atoms with van der Waals surface area (Å²) in [7, 11) is 4.28. The van der Waals surface area contributed by atoms with Crippen LogP contribution in [0.4, 0.5) is 4.39 Å². The van der Waals surface area contributed by atoms with Crippen molar-refractivity contribution in [3.05, 3.63) is 71.0 Å². The summed E-state index contributed by atoms with van der Waals surface area (Å²) in [6, 6.07) is 16.2. The Labute approximate surface area is 132 Å². The Balaban J connectivity index is 0.00000161. The molecule has 0 unspecified atom stereocenters. The summed E-state index contributed by atoms with van der Waals surface area (Å²) in [6.07, 6.45) is 2.19. The van der Waals surface area contributed by atoms with Crippen LogP contribution in [0.5, 0.6) is 0 Å². The van der Waals surface area contributed by atoms with Crippen molar-refractivity contribution in [1.82, 2.24) is 4.90 Å². The van der Waals surface area contributed by atoms with Gasteiger partial charge in [0.15, 0.2) is 0 Å². The molecule has 0 saturated heterocycles. The van der Waals surface area contributed by atoms with Crippen LogP contribution in [-0.4, -0.2) is 25.0 Å². The van der Waals surface area contributed by atoms with Crippen molar-refractivity contribution in [1.29, 1.82) is 0 Å². The smallest absolute Gasteiger partial charge is 0.123 e. The Morgan fingerprint density at radius 1 is 1.00 bits per heavy atom. The monoisotopic (exact) mass is 305 g/mol. The molecule has 1 nitrogen and oxygen atoms in total. The lowest BCUT2D eigenvalue weighted by atomic mass is 9.76. The molecule has 2 aromatic carbocycles. The predicted molar refractivity (Wildman–Crippen MR) is 87.7 cm³/mol. The highest BCUT2D eigenvalue weighted by Gasteiger charge is 2.28. The lowest BCUT2D eigenvalue weighted by Crippen LogP contribution is -2.35. The molecule has 0 heterocycles. The van der Waals surface area contributed by atoms with Crippen LogP contribution in [0.25, 0.3) is 0 Å². The van der Waals surface area contributed by atoms with E-state index in [9.17, 15) is 4.39 Å². The molecule has 0 radical (unpaired) electrons. The van der Waals surface area contributed by atoms with Crippen LogP contribution in [0.3, 0.4) is 0 Å². The van der Waals surface area contributed by atoms with Crippen molar-refractivity contribution in [3.63, 3.8) is 0 Å². The zero-order chi connectivity index (χ0) is 14.1. The van der Waals surface area contributed by atoms with Gasteiger partial charge >= 0.3 is 0 Å². The van der Waals surface area contributed by atoms with E-state index in [1.165, 1.54) is 16.7 Å². The molecule has 0 aliphatic heterocycles. The number of rotatable bonds is 2. The van der Waals surface area contributed by atoms with E-state index in [2.05, 4.69) is 43.3 Å². The van der Waals surface area contributed by atoms with Gasteiger partial charge < -0.3 is 4.90 Å². The summed E-state index contributed by atoms with van der Waals surface area (Å²) in [4.78, 5) is 2.30. The molecule has 0 spiro atoms. The first-order valence-corrected chi connectivity index (χ1v) is 7.15. The molecule has 1 aliphatic rings. The van der Waals surface area contributed by atoms with Crippen molar-refractivity contribution in [2.75, 3.05) is 14.1 Å². The normalized spacial score (nSPS) is 20.8. The minimum absolute atomic E-state index is 0. The predicted octanol–water partition coefficient (Wildman–Crippen LogP) is 4.26. The lowest BCUT2D eigenvalue weighted by Gasteiger charge is -2.35. The van der Waals surface area contributed by atoms with Crippen molar-refractivity contribution < 1.29 is 4.39 Å². The van der Waals surface area contributed by atoms with Crippen molar-refractivity contribution in [2.24, 2.45) is 0 Å². The van der Waals surface area contributed by atoms with Gasteiger partial charge in [0.25, 0.3) is 0 Å². The summed E-state index contributed by atoms with van der Waals surface area (Å²) < 4.78 is 13.1. The Hall–Kier alpha value is -1.38. The molecule has 0 aromatic heterocycles. The molecule has 0 N–H and O–H groups in total. The van der Waals surface area contributed by atoms with Gasteiger partial charge in [-0.15, -0.1) is 12.4 Å². The maximum atomic E-state index is 13.1. The number of benzene rings is 2. The SMILES string of the molecule is CN(C)[C@H]1Cc2ccccc2[C@H](c2ccc(F)cc2)C1.Cl. The van der Waals surface area contributed by atoms with Gasteiger partial charge in [-0.05, 0) is 55.8 Å². The van der Waals surface area contributed by atoms with Crippen molar-refractivity contribution >= 4 is 12.4 Å². The molecule has 0 amide bonds. The van der Waals surface area contributed by atoms with Crippen LogP contribution >= 0.6 is 12.4 Å². The number of hydrogen-bond donors (Lipinski definition) is 0. The summed E-state index contributed by atoms with van der Waals surface area (Å²) in [5.74, 6) is 0.204. The van der Waals surface area contributed by atoms with E-state index in [0.717, 1.165) is 12.8 Å². The second-order valence-electron chi connectivity index (χ2n) is 5.86. The summed E-state index contributed by atoms with van der Waals surface area (Å²) in [5, 5.41) is 0. The third kappa shape index (κ3) is 3.28. The van der Waals surface area contributed by atoms with E-state index in [0.29, 0.717) is 12.0 Å². The fourth-order valence-electron chi connectivity index (χ4n) is 3.20. The lowest BCUT2D eigenvalue weighted by molar-refractivity contribution is 0.258. The second-order valence-corrected chi connectivity index (χ2v) is 5.86. The van der Waals surface area contributed by atoms with Crippen LogP contribution in [-0.2, 0) is 6.42 Å². The van der Waals surface area contributed by atoms with Gasteiger partial charge in [-0.1, -0.05) is 36.4 Å². The maximum Gasteiger partial charge on any atom is 0.123 e. The van der Waals surface area contributed by atoms with E-state index >= 15 is 0 Å². The fourth-order valence-corrected chi connectivity index (χ4v) is 3.20. The zero-order valence-corrected chi connectivity index (χ0v) is 13.2. The second kappa shape index (κ2) is 6.59. The van der Waals surface area contributed by atoms with Gasteiger partial charge in [0.1, 0.15) is 5.82 Å². The number of likely N-dealkylation sites (N-methyl/N-ethyl adjacent to an activating group) is 1. The van der Waals surface area contributed by atoms with Crippen molar-refractivity contribution in [2.45, 2.75) is 24.8 Å². The first-order valence-electron chi connectivity index (χ1n) is 7.15. The third-order valence-electron chi connectivity index (χ3n) is 4.40. The van der Waals surface area contributed by atoms with Crippen LogP contribution in [0, 0.1) is 5.82 Å². The molecular formula is C18H21ClFN. The van der Waals surface area contributed by atoms with Gasteiger partial charge in [0.05, 0.1) is 0 Å². The third-order valence-corrected chi connectivity index (χ3v) is 4.40. The highest BCUT2D eigenvalue weighted by atomic mass is 35.5. The topological polar surface area (TPSA) is 3.24 Å². The fraction of sp³-hybridized carbons (Fsp3) is 0.333. The number of nitrogens with zero attached hydrogens (tertiary/aromatic N) is 1. The molecule has 1 aliphatic carbocycles. The Kier molecular flexibility index (Phi) is 5.02. The van der Waals surface area contributed by atoms with E-state index in [1.807, 2.05) is 12.1 Å². The van der Waals surface area contributed by atoms with Gasteiger partial charge in [-0.3, -0.25) is 0 Å². The van der Waals surface area contributed by atoms with Crippen LogP contribution in [0.15, 0.2) is 48.5 Å². The highest BCUT2D eigenvalue weighted by Crippen LogP contribution is 2.37. The molecule has 0 saturated carbocycles. The average Bonchev–Trinajstić information content (AvgIpc) is 2.47. The quantitative estimate of drug-likeness (QED) is 0.801.